The second-order valence-electron chi connectivity index (χ2n) is 9.83. The molecule has 2 N–H and O–H groups in total. The maximum atomic E-state index is 13.9. The summed E-state index contributed by atoms with van der Waals surface area (Å²) >= 11 is 0. The Hall–Kier alpha value is -2.51. The van der Waals surface area contributed by atoms with Gasteiger partial charge in [0.15, 0.2) is 0 Å². The van der Waals surface area contributed by atoms with Gasteiger partial charge in [0.2, 0.25) is 5.95 Å². The van der Waals surface area contributed by atoms with Crippen molar-refractivity contribution in [1.29, 1.82) is 0 Å². The van der Waals surface area contributed by atoms with Crippen LogP contribution in [0, 0.1) is 0 Å². The Balaban J connectivity index is 1.55. The molecule has 34 heavy (non-hydrogen) atoms. The van der Waals surface area contributed by atoms with Crippen molar-refractivity contribution in [3.8, 4) is 0 Å². The van der Waals surface area contributed by atoms with Gasteiger partial charge in [-0.3, -0.25) is 9.36 Å². The molecule has 7 nitrogen and oxygen atoms in total. The molecule has 1 aromatic carbocycles. The van der Waals surface area contributed by atoms with E-state index in [0.29, 0.717) is 12.0 Å². The van der Waals surface area contributed by atoms with Crippen LogP contribution in [0.2, 0.25) is 0 Å². The quantitative estimate of drug-likeness (QED) is 0.364. The Kier molecular flexibility index (Phi) is 7.40. The maximum absolute atomic E-state index is 13.9. The van der Waals surface area contributed by atoms with E-state index in [-0.39, 0.29) is 11.6 Å². The molecule has 2 fully saturated rings. The molecule has 0 spiro atoms. The Morgan fingerprint density at radius 3 is 2.68 bits per heavy atom. The Labute approximate surface area is 201 Å². The van der Waals surface area contributed by atoms with E-state index in [9.17, 15) is 4.79 Å². The van der Waals surface area contributed by atoms with E-state index in [0.717, 1.165) is 92.2 Å². The average Bonchev–Trinajstić information content (AvgIpc) is 2.89. The van der Waals surface area contributed by atoms with Crippen molar-refractivity contribution < 1.29 is 4.74 Å². The monoisotopic (exact) mass is 463 g/mol. The summed E-state index contributed by atoms with van der Waals surface area (Å²) in [7, 11) is 0. The van der Waals surface area contributed by atoms with Crippen molar-refractivity contribution >= 4 is 27.8 Å². The van der Waals surface area contributed by atoms with E-state index in [1.165, 1.54) is 19.3 Å². The van der Waals surface area contributed by atoms with Crippen LogP contribution in [0.1, 0.15) is 76.3 Å². The molecule has 182 valence electrons. The van der Waals surface area contributed by atoms with Gasteiger partial charge in [-0.25, -0.2) is 4.98 Å². The fourth-order valence-corrected chi connectivity index (χ4v) is 5.39. The summed E-state index contributed by atoms with van der Waals surface area (Å²) in [5.74, 6) is 0.613. The molecule has 2 aromatic heterocycles. The molecule has 0 amide bonds. The van der Waals surface area contributed by atoms with Crippen LogP contribution in [0.4, 0.5) is 5.95 Å². The SMILES string of the molecule is CCCCNc1ncc2c3ccc(CNC4CCOCC4)cc3c(=O)n(C3CCCCC3)c2n1. The highest BCUT2D eigenvalue weighted by atomic mass is 16.5. The number of benzene rings is 1. The van der Waals surface area contributed by atoms with Crippen LogP contribution in [0.25, 0.3) is 21.8 Å². The van der Waals surface area contributed by atoms with Gasteiger partial charge in [-0.1, -0.05) is 44.7 Å². The van der Waals surface area contributed by atoms with Crippen LogP contribution in [0.3, 0.4) is 0 Å². The molecule has 2 aliphatic rings. The molecule has 0 radical (unpaired) electrons. The van der Waals surface area contributed by atoms with Gasteiger partial charge >= 0.3 is 0 Å². The van der Waals surface area contributed by atoms with E-state index in [1.54, 1.807) is 0 Å². The Morgan fingerprint density at radius 2 is 1.88 bits per heavy atom. The first-order valence-corrected chi connectivity index (χ1v) is 13.1. The summed E-state index contributed by atoms with van der Waals surface area (Å²) in [5.41, 5.74) is 2.00. The molecule has 1 aliphatic carbocycles. The number of anilines is 1. The third-order valence-corrected chi connectivity index (χ3v) is 7.39. The lowest BCUT2D eigenvalue weighted by molar-refractivity contribution is 0.0776. The minimum absolute atomic E-state index is 0.0838. The van der Waals surface area contributed by atoms with E-state index < -0.39 is 0 Å². The van der Waals surface area contributed by atoms with Gasteiger partial charge < -0.3 is 15.4 Å². The van der Waals surface area contributed by atoms with Crippen molar-refractivity contribution in [3.63, 3.8) is 0 Å². The van der Waals surface area contributed by atoms with E-state index >= 15 is 0 Å². The summed E-state index contributed by atoms with van der Waals surface area (Å²) in [6, 6.07) is 6.98. The second kappa shape index (κ2) is 10.8. The van der Waals surface area contributed by atoms with E-state index in [1.807, 2.05) is 10.8 Å². The normalized spacial score (nSPS) is 18.0. The van der Waals surface area contributed by atoms with Crippen LogP contribution in [-0.4, -0.2) is 40.3 Å². The number of hydrogen-bond donors (Lipinski definition) is 2. The number of aromatic nitrogens is 3. The van der Waals surface area contributed by atoms with Crippen molar-refractivity contribution in [3.05, 3.63) is 40.3 Å². The van der Waals surface area contributed by atoms with E-state index in [4.69, 9.17) is 9.72 Å². The first-order chi connectivity index (χ1) is 16.7. The molecule has 0 unspecified atom stereocenters. The number of fused-ring (bicyclic) bond motifs is 3. The molecular formula is C27H37N5O2. The maximum Gasteiger partial charge on any atom is 0.260 e. The largest absolute Gasteiger partial charge is 0.381 e. The lowest BCUT2D eigenvalue weighted by atomic mass is 9.94. The molecule has 1 aliphatic heterocycles. The predicted octanol–water partition coefficient (Wildman–Crippen LogP) is 4.93. The highest BCUT2D eigenvalue weighted by molar-refractivity contribution is 6.04. The smallest absolute Gasteiger partial charge is 0.260 e. The lowest BCUT2D eigenvalue weighted by Crippen LogP contribution is -2.34. The van der Waals surface area contributed by atoms with E-state index in [2.05, 4.69) is 40.7 Å². The van der Waals surface area contributed by atoms with Crippen LogP contribution in [-0.2, 0) is 11.3 Å². The summed E-state index contributed by atoms with van der Waals surface area (Å²) in [5, 5.41) is 9.67. The zero-order valence-corrected chi connectivity index (χ0v) is 20.3. The molecule has 3 aromatic rings. The lowest BCUT2D eigenvalue weighted by Gasteiger charge is -2.26. The summed E-state index contributed by atoms with van der Waals surface area (Å²) < 4.78 is 7.46. The number of rotatable bonds is 8. The average molecular weight is 464 g/mol. The zero-order valence-electron chi connectivity index (χ0n) is 20.3. The van der Waals surface area contributed by atoms with Crippen LogP contribution in [0.5, 0.6) is 0 Å². The topological polar surface area (TPSA) is 81.1 Å². The molecule has 0 atom stereocenters. The third-order valence-electron chi connectivity index (χ3n) is 7.39. The summed E-state index contributed by atoms with van der Waals surface area (Å²) in [4.78, 5) is 23.4. The molecule has 5 rings (SSSR count). The molecule has 0 bridgehead atoms. The Bertz CT molecular complexity index is 1180. The van der Waals surface area contributed by atoms with Crippen molar-refractivity contribution in [2.75, 3.05) is 25.1 Å². The fraction of sp³-hybridized carbons (Fsp3) is 0.593. The number of nitrogens with one attached hydrogen (secondary N) is 2. The van der Waals surface area contributed by atoms with Gasteiger partial charge in [0.05, 0.1) is 0 Å². The minimum atomic E-state index is 0.0838. The zero-order chi connectivity index (χ0) is 23.3. The third kappa shape index (κ3) is 4.96. The number of unbranched alkanes of at least 4 members (excludes halogenated alkanes) is 1. The summed E-state index contributed by atoms with van der Waals surface area (Å²) in [6.45, 7) is 5.42. The predicted molar refractivity (Wildman–Crippen MR) is 138 cm³/mol. The fourth-order valence-electron chi connectivity index (χ4n) is 5.39. The highest BCUT2D eigenvalue weighted by Gasteiger charge is 2.22. The minimum Gasteiger partial charge on any atom is -0.381 e. The van der Waals surface area contributed by atoms with Gasteiger partial charge in [-0.2, -0.15) is 4.98 Å². The number of ether oxygens (including phenoxy) is 1. The van der Waals surface area contributed by atoms with Gasteiger partial charge in [0, 0.05) is 55.4 Å². The first kappa shape index (κ1) is 23.2. The van der Waals surface area contributed by atoms with Gasteiger partial charge in [-0.15, -0.1) is 0 Å². The Morgan fingerprint density at radius 1 is 1.06 bits per heavy atom. The van der Waals surface area contributed by atoms with Gasteiger partial charge in [0.1, 0.15) is 5.65 Å². The molecule has 7 heteroatoms. The number of hydrogen-bond acceptors (Lipinski definition) is 6. The van der Waals surface area contributed by atoms with Gasteiger partial charge in [0.25, 0.3) is 5.56 Å². The number of pyridine rings is 1. The number of nitrogens with zero attached hydrogens (tertiary/aromatic N) is 3. The molecule has 1 saturated heterocycles. The standard InChI is InChI=1S/C27H37N5O2/c1-2-3-13-28-27-30-18-24-22-10-9-19(17-29-20-11-14-34-15-12-20)16-23(22)26(33)32(25(24)31-27)21-7-5-4-6-8-21/h9-10,16,18,20-21,29H,2-8,11-15,17H2,1H3,(H,28,30,31). The first-order valence-electron chi connectivity index (χ1n) is 13.1. The summed E-state index contributed by atoms with van der Waals surface area (Å²) in [6.07, 6.45) is 11.8. The van der Waals surface area contributed by atoms with Crippen molar-refractivity contribution in [2.24, 2.45) is 0 Å². The van der Waals surface area contributed by atoms with Crippen molar-refractivity contribution in [1.82, 2.24) is 19.9 Å². The van der Waals surface area contributed by atoms with Gasteiger partial charge in [-0.05, 0) is 49.1 Å². The highest BCUT2D eigenvalue weighted by Crippen LogP contribution is 2.32. The van der Waals surface area contributed by atoms with Crippen LogP contribution < -0.4 is 16.2 Å². The molecular weight excluding hydrogens is 426 g/mol. The molecule has 3 heterocycles. The van der Waals surface area contributed by atoms with Crippen molar-refractivity contribution in [2.45, 2.75) is 83.3 Å². The molecule has 1 saturated carbocycles. The van der Waals surface area contributed by atoms with Crippen LogP contribution in [0.15, 0.2) is 29.2 Å². The van der Waals surface area contributed by atoms with Crippen LogP contribution >= 0.6 is 0 Å². The second-order valence-corrected chi connectivity index (χ2v) is 9.83.